The molecule has 2 aliphatic heterocycles. The number of amides is 2. The molecule has 2 saturated heterocycles. The lowest BCUT2D eigenvalue weighted by molar-refractivity contribution is -0.139. The third-order valence-electron chi connectivity index (χ3n) is 5.17. The predicted octanol–water partition coefficient (Wildman–Crippen LogP) is 1.77. The van der Waals surface area contributed by atoms with Gasteiger partial charge in [-0.3, -0.25) is 9.59 Å². The van der Waals surface area contributed by atoms with Crippen LogP contribution in [0, 0.1) is 11.8 Å². The molecule has 2 heterocycles. The molecule has 2 aliphatic rings. The molecule has 1 aromatic carbocycles. The number of aliphatic hydroxyl groups is 1. The van der Waals surface area contributed by atoms with E-state index in [1.165, 1.54) is 0 Å². The van der Waals surface area contributed by atoms with Crippen LogP contribution in [0.3, 0.4) is 0 Å². The summed E-state index contributed by atoms with van der Waals surface area (Å²) in [5, 5.41) is 9.35. The number of carbonyl (C=O) groups is 2. The van der Waals surface area contributed by atoms with Crippen LogP contribution in [0.2, 0.25) is 0 Å². The number of piperidine rings is 2. The first-order chi connectivity index (χ1) is 11.7. The van der Waals surface area contributed by atoms with Gasteiger partial charge in [-0.15, -0.1) is 0 Å². The fraction of sp³-hybridized carbons (Fsp3) is 0.579. The predicted molar refractivity (Wildman–Crippen MR) is 91.5 cm³/mol. The fourth-order valence-electron chi connectivity index (χ4n) is 3.80. The zero-order valence-corrected chi connectivity index (χ0v) is 14.1. The van der Waals surface area contributed by atoms with Crippen LogP contribution >= 0.6 is 0 Å². The summed E-state index contributed by atoms with van der Waals surface area (Å²) >= 11 is 0. The number of hydrogen-bond donors (Lipinski definition) is 1. The lowest BCUT2D eigenvalue weighted by atomic mass is 9.93. The normalized spacial score (nSPS) is 24.7. The van der Waals surface area contributed by atoms with E-state index in [1.54, 1.807) is 0 Å². The first-order valence-electron chi connectivity index (χ1n) is 8.93. The minimum Gasteiger partial charge on any atom is -0.396 e. The van der Waals surface area contributed by atoms with Gasteiger partial charge in [0.25, 0.3) is 5.91 Å². The first kappa shape index (κ1) is 17.0. The van der Waals surface area contributed by atoms with Gasteiger partial charge in [-0.1, -0.05) is 18.2 Å². The third-order valence-corrected chi connectivity index (χ3v) is 5.17. The van der Waals surface area contributed by atoms with Gasteiger partial charge >= 0.3 is 0 Å². The Balaban J connectivity index is 1.62. The van der Waals surface area contributed by atoms with E-state index in [0.29, 0.717) is 18.7 Å². The van der Waals surface area contributed by atoms with E-state index < -0.39 is 0 Å². The maximum absolute atomic E-state index is 12.8. The van der Waals surface area contributed by atoms with Gasteiger partial charge in [0.2, 0.25) is 5.91 Å². The van der Waals surface area contributed by atoms with E-state index in [-0.39, 0.29) is 30.3 Å². The zero-order valence-electron chi connectivity index (χ0n) is 14.1. The lowest BCUT2D eigenvalue weighted by Crippen LogP contribution is -2.49. The van der Waals surface area contributed by atoms with Crippen molar-refractivity contribution in [3.63, 3.8) is 0 Å². The number of carbonyl (C=O) groups excluding carboxylic acids is 2. The summed E-state index contributed by atoms with van der Waals surface area (Å²) in [4.78, 5) is 29.1. The number of rotatable bonds is 3. The highest BCUT2D eigenvalue weighted by atomic mass is 16.3. The average Bonchev–Trinajstić information content (AvgIpc) is 2.67. The third kappa shape index (κ3) is 3.78. The Kier molecular flexibility index (Phi) is 5.51. The van der Waals surface area contributed by atoms with Gasteiger partial charge in [0.05, 0.1) is 5.92 Å². The second-order valence-electron chi connectivity index (χ2n) is 6.93. The molecule has 5 nitrogen and oxygen atoms in total. The summed E-state index contributed by atoms with van der Waals surface area (Å²) in [5.74, 6) is 0.260. The van der Waals surface area contributed by atoms with Gasteiger partial charge in [0, 0.05) is 38.3 Å². The molecular weight excluding hydrogens is 304 g/mol. The Labute approximate surface area is 143 Å². The molecule has 1 N–H and O–H groups in total. The van der Waals surface area contributed by atoms with Crippen LogP contribution in [0.4, 0.5) is 0 Å². The van der Waals surface area contributed by atoms with Gasteiger partial charge in [-0.2, -0.15) is 0 Å². The minimum absolute atomic E-state index is 0.0139. The Bertz CT molecular complexity index is 575. The second kappa shape index (κ2) is 7.79. The molecule has 2 fully saturated rings. The summed E-state index contributed by atoms with van der Waals surface area (Å²) in [6.07, 6.45) is 3.66. The zero-order chi connectivity index (χ0) is 16.9. The number of nitrogens with zero attached hydrogens (tertiary/aromatic N) is 2. The molecule has 24 heavy (non-hydrogen) atoms. The van der Waals surface area contributed by atoms with Crippen molar-refractivity contribution in [2.45, 2.75) is 25.7 Å². The molecule has 2 amide bonds. The van der Waals surface area contributed by atoms with Crippen molar-refractivity contribution in [1.82, 2.24) is 9.80 Å². The first-order valence-corrected chi connectivity index (χ1v) is 8.93. The van der Waals surface area contributed by atoms with Crippen LogP contribution in [0.25, 0.3) is 0 Å². The van der Waals surface area contributed by atoms with Crippen LogP contribution in [0.5, 0.6) is 0 Å². The summed E-state index contributed by atoms with van der Waals surface area (Å²) in [6.45, 7) is 2.80. The van der Waals surface area contributed by atoms with Crippen LogP contribution in [-0.4, -0.2) is 59.5 Å². The highest BCUT2D eigenvalue weighted by Crippen LogP contribution is 2.24. The molecule has 2 atom stereocenters. The maximum atomic E-state index is 12.8. The maximum Gasteiger partial charge on any atom is 0.253 e. The molecule has 3 rings (SSSR count). The van der Waals surface area contributed by atoms with Crippen molar-refractivity contribution in [3.05, 3.63) is 35.9 Å². The monoisotopic (exact) mass is 330 g/mol. The average molecular weight is 330 g/mol. The minimum atomic E-state index is -0.108. The largest absolute Gasteiger partial charge is 0.396 e. The molecular formula is C19H26N2O3. The Hall–Kier alpha value is -1.88. The molecule has 0 radical (unpaired) electrons. The molecule has 0 saturated carbocycles. The number of benzene rings is 1. The second-order valence-corrected chi connectivity index (χ2v) is 6.93. The van der Waals surface area contributed by atoms with Gasteiger partial charge in [-0.05, 0) is 43.7 Å². The molecule has 5 heteroatoms. The molecule has 2 unspecified atom stereocenters. The standard InChI is InChI=1S/C19H26N2O3/c22-14-15-6-4-10-20(12-15)19(24)17-9-5-11-21(13-17)18(23)16-7-2-1-3-8-16/h1-3,7-8,15,17,22H,4-6,9-14H2. The van der Waals surface area contributed by atoms with Crippen LogP contribution in [-0.2, 0) is 4.79 Å². The summed E-state index contributed by atoms with van der Waals surface area (Å²) in [5.41, 5.74) is 0.684. The lowest BCUT2D eigenvalue weighted by Gasteiger charge is -2.38. The van der Waals surface area contributed by atoms with E-state index in [9.17, 15) is 14.7 Å². The molecule has 0 spiro atoms. The van der Waals surface area contributed by atoms with Crippen LogP contribution < -0.4 is 0 Å². The molecule has 130 valence electrons. The van der Waals surface area contributed by atoms with Gasteiger partial charge in [-0.25, -0.2) is 0 Å². The Morgan fingerprint density at radius 2 is 1.71 bits per heavy atom. The van der Waals surface area contributed by atoms with E-state index >= 15 is 0 Å². The number of likely N-dealkylation sites (tertiary alicyclic amines) is 2. The van der Waals surface area contributed by atoms with Gasteiger partial charge in [0.1, 0.15) is 0 Å². The van der Waals surface area contributed by atoms with Crippen LogP contribution in [0.1, 0.15) is 36.0 Å². The van der Waals surface area contributed by atoms with Gasteiger partial charge in [0.15, 0.2) is 0 Å². The quantitative estimate of drug-likeness (QED) is 0.919. The number of hydrogen-bond acceptors (Lipinski definition) is 3. The Morgan fingerprint density at radius 1 is 1.00 bits per heavy atom. The number of aliphatic hydroxyl groups excluding tert-OH is 1. The van der Waals surface area contributed by atoms with E-state index in [0.717, 1.165) is 38.8 Å². The highest BCUT2D eigenvalue weighted by Gasteiger charge is 2.33. The van der Waals surface area contributed by atoms with Crippen molar-refractivity contribution in [2.24, 2.45) is 11.8 Å². The van der Waals surface area contributed by atoms with E-state index in [2.05, 4.69) is 0 Å². The van der Waals surface area contributed by atoms with Crippen molar-refractivity contribution in [1.29, 1.82) is 0 Å². The molecule has 0 aliphatic carbocycles. The van der Waals surface area contributed by atoms with Crippen LogP contribution in [0.15, 0.2) is 30.3 Å². The van der Waals surface area contributed by atoms with Crippen molar-refractivity contribution in [3.8, 4) is 0 Å². The summed E-state index contributed by atoms with van der Waals surface area (Å²) < 4.78 is 0. The molecule has 1 aromatic rings. The SMILES string of the molecule is O=C(c1ccccc1)N1CCCC(C(=O)N2CCCC(CO)C2)C1. The molecule has 0 bridgehead atoms. The van der Waals surface area contributed by atoms with Gasteiger partial charge < -0.3 is 14.9 Å². The molecule has 0 aromatic heterocycles. The van der Waals surface area contributed by atoms with Crippen molar-refractivity contribution in [2.75, 3.05) is 32.8 Å². The highest BCUT2D eigenvalue weighted by molar-refractivity contribution is 5.94. The summed E-state index contributed by atoms with van der Waals surface area (Å²) in [7, 11) is 0. The van der Waals surface area contributed by atoms with E-state index in [1.807, 2.05) is 40.1 Å². The van der Waals surface area contributed by atoms with E-state index in [4.69, 9.17) is 0 Å². The smallest absolute Gasteiger partial charge is 0.253 e. The summed E-state index contributed by atoms with van der Waals surface area (Å²) in [6, 6.07) is 9.27. The topological polar surface area (TPSA) is 60.9 Å². The fourth-order valence-corrected chi connectivity index (χ4v) is 3.80. The Morgan fingerprint density at radius 3 is 2.46 bits per heavy atom. The van der Waals surface area contributed by atoms with Crippen molar-refractivity contribution >= 4 is 11.8 Å². The van der Waals surface area contributed by atoms with Crippen molar-refractivity contribution < 1.29 is 14.7 Å².